The van der Waals surface area contributed by atoms with Crippen LogP contribution >= 0.6 is 24.0 Å². The van der Waals surface area contributed by atoms with Gasteiger partial charge in [0.2, 0.25) is 0 Å². The first-order valence-electron chi connectivity index (χ1n) is 6.96. The molecule has 2 aromatic carbocycles. The molecule has 0 bridgehead atoms. The molecule has 110 valence electrons. The van der Waals surface area contributed by atoms with Crippen LogP contribution in [-0.4, -0.2) is 10.2 Å². The Bertz CT molecular complexity index is 778. The normalized spacial score (nSPS) is 16.6. The molecule has 0 aromatic heterocycles. The van der Waals surface area contributed by atoms with Gasteiger partial charge in [0.05, 0.1) is 10.6 Å². The van der Waals surface area contributed by atoms with Crippen molar-refractivity contribution in [1.29, 1.82) is 0 Å². The van der Waals surface area contributed by atoms with Gasteiger partial charge in [0.1, 0.15) is 0 Å². The third kappa shape index (κ3) is 2.85. The molecule has 3 rings (SSSR count). The monoisotopic (exact) mass is 325 g/mol. The molecule has 0 N–H and O–H groups in total. The average Bonchev–Trinajstić information content (AvgIpc) is 2.77. The Balaban J connectivity index is 1.95. The van der Waals surface area contributed by atoms with E-state index in [1.54, 1.807) is 4.90 Å². The lowest BCUT2D eigenvalue weighted by Crippen LogP contribution is -2.27. The van der Waals surface area contributed by atoms with Gasteiger partial charge < -0.3 is 0 Å². The van der Waals surface area contributed by atoms with Crippen molar-refractivity contribution in [3.05, 3.63) is 70.1 Å². The largest absolute Gasteiger partial charge is 0.270 e. The van der Waals surface area contributed by atoms with Gasteiger partial charge in [0.15, 0.2) is 4.32 Å². The van der Waals surface area contributed by atoms with E-state index in [4.69, 9.17) is 12.2 Å². The fourth-order valence-corrected chi connectivity index (χ4v) is 3.56. The Morgan fingerprint density at radius 2 is 1.73 bits per heavy atom. The maximum Gasteiger partial charge on any atom is 0.270 e. The zero-order chi connectivity index (χ0) is 15.7. The molecule has 0 spiro atoms. The molecule has 1 fully saturated rings. The van der Waals surface area contributed by atoms with Gasteiger partial charge in [0, 0.05) is 0 Å². The summed E-state index contributed by atoms with van der Waals surface area (Å²) in [5, 5.41) is 0. The Morgan fingerprint density at radius 3 is 2.41 bits per heavy atom. The van der Waals surface area contributed by atoms with Crippen LogP contribution in [-0.2, 0) is 4.79 Å². The van der Waals surface area contributed by atoms with Gasteiger partial charge >= 0.3 is 0 Å². The number of thioether (sulfide) groups is 1. The first-order valence-corrected chi connectivity index (χ1v) is 8.19. The minimum atomic E-state index is -0.0536. The van der Waals surface area contributed by atoms with E-state index in [2.05, 4.69) is 0 Å². The molecule has 2 aromatic rings. The fourth-order valence-electron chi connectivity index (χ4n) is 2.27. The lowest BCUT2D eigenvalue weighted by Gasteiger charge is -2.14. The van der Waals surface area contributed by atoms with Crippen LogP contribution in [0.4, 0.5) is 5.69 Å². The number of hydrogen-bond acceptors (Lipinski definition) is 3. The standard InChI is InChI=1S/C18H15NOS2/c1-12-7-9-15(10-8-12)19-17(20)16(22-18(19)21)11-14-6-4-3-5-13(14)2/h3-11H,1-2H3/b16-11-. The highest BCUT2D eigenvalue weighted by atomic mass is 32.2. The summed E-state index contributed by atoms with van der Waals surface area (Å²) in [5.74, 6) is -0.0536. The van der Waals surface area contributed by atoms with Crippen LogP contribution in [0.15, 0.2) is 53.4 Å². The molecule has 1 saturated heterocycles. The second-order valence-corrected chi connectivity index (χ2v) is 6.89. The highest BCUT2D eigenvalue weighted by Gasteiger charge is 2.33. The zero-order valence-electron chi connectivity index (χ0n) is 12.4. The van der Waals surface area contributed by atoms with Crippen LogP contribution in [0.1, 0.15) is 16.7 Å². The predicted octanol–water partition coefficient (Wildman–Crippen LogP) is 4.71. The Morgan fingerprint density at radius 1 is 1.05 bits per heavy atom. The van der Waals surface area contributed by atoms with E-state index in [1.807, 2.05) is 68.5 Å². The molecule has 1 aliphatic heterocycles. The van der Waals surface area contributed by atoms with Gasteiger partial charge in [0.25, 0.3) is 5.91 Å². The van der Waals surface area contributed by atoms with Gasteiger partial charge in [-0.25, -0.2) is 0 Å². The topological polar surface area (TPSA) is 20.3 Å². The highest BCUT2D eigenvalue weighted by molar-refractivity contribution is 8.27. The van der Waals surface area contributed by atoms with Crippen molar-refractivity contribution in [2.75, 3.05) is 4.90 Å². The SMILES string of the molecule is Cc1ccc(N2C(=O)/C(=C/c3ccccc3C)SC2=S)cc1. The van der Waals surface area contributed by atoms with Crippen LogP contribution in [0.25, 0.3) is 6.08 Å². The number of benzene rings is 2. The van der Waals surface area contributed by atoms with E-state index in [0.29, 0.717) is 9.23 Å². The Labute approximate surface area is 139 Å². The number of nitrogens with zero attached hydrogens (tertiary/aromatic N) is 1. The molecular formula is C18H15NOS2. The van der Waals surface area contributed by atoms with Crippen molar-refractivity contribution in [2.24, 2.45) is 0 Å². The molecule has 1 aliphatic rings. The van der Waals surface area contributed by atoms with E-state index < -0.39 is 0 Å². The van der Waals surface area contributed by atoms with Crippen LogP contribution in [0.2, 0.25) is 0 Å². The molecule has 0 aliphatic carbocycles. The van der Waals surface area contributed by atoms with Gasteiger partial charge in [-0.2, -0.15) is 0 Å². The smallest absolute Gasteiger partial charge is 0.268 e. The van der Waals surface area contributed by atoms with Gasteiger partial charge in [-0.3, -0.25) is 9.69 Å². The molecular weight excluding hydrogens is 310 g/mol. The van der Waals surface area contributed by atoms with Crippen molar-refractivity contribution in [3.8, 4) is 0 Å². The molecule has 0 saturated carbocycles. The maximum absolute atomic E-state index is 12.7. The number of rotatable bonds is 2. The van der Waals surface area contributed by atoms with E-state index in [-0.39, 0.29) is 5.91 Å². The molecule has 1 amide bonds. The van der Waals surface area contributed by atoms with Gasteiger partial charge in [-0.05, 0) is 43.2 Å². The molecule has 2 nitrogen and oxygen atoms in total. The number of amides is 1. The van der Waals surface area contributed by atoms with Crippen molar-refractivity contribution in [3.63, 3.8) is 0 Å². The number of carbonyl (C=O) groups excluding carboxylic acids is 1. The third-order valence-corrected chi connectivity index (χ3v) is 4.86. The lowest BCUT2D eigenvalue weighted by molar-refractivity contribution is -0.113. The first-order chi connectivity index (χ1) is 10.6. The summed E-state index contributed by atoms with van der Waals surface area (Å²) in [5.41, 5.74) is 4.17. The van der Waals surface area contributed by atoms with Crippen molar-refractivity contribution in [1.82, 2.24) is 0 Å². The molecule has 22 heavy (non-hydrogen) atoms. The van der Waals surface area contributed by atoms with Gasteiger partial charge in [-0.15, -0.1) is 0 Å². The van der Waals surface area contributed by atoms with E-state index in [9.17, 15) is 4.79 Å². The quantitative estimate of drug-likeness (QED) is 0.589. The molecule has 0 radical (unpaired) electrons. The summed E-state index contributed by atoms with van der Waals surface area (Å²) >= 11 is 6.74. The highest BCUT2D eigenvalue weighted by Crippen LogP contribution is 2.36. The second kappa shape index (κ2) is 6.07. The summed E-state index contributed by atoms with van der Waals surface area (Å²) in [6, 6.07) is 15.8. The minimum Gasteiger partial charge on any atom is -0.268 e. The minimum absolute atomic E-state index is 0.0536. The molecule has 0 atom stereocenters. The Hall–Kier alpha value is -1.91. The van der Waals surface area contributed by atoms with Crippen molar-refractivity contribution < 1.29 is 4.79 Å². The summed E-state index contributed by atoms with van der Waals surface area (Å²) in [6.07, 6.45) is 1.92. The fraction of sp³-hybridized carbons (Fsp3) is 0.111. The third-order valence-electron chi connectivity index (χ3n) is 3.56. The number of hydrogen-bond donors (Lipinski definition) is 0. The first kappa shape index (κ1) is 15.0. The van der Waals surface area contributed by atoms with Crippen LogP contribution in [0.3, 0.4) is 0 Å². The lowest BCUT2D eigenvalue weighted by atomic mass is 10.1. The second-order valence-electron chi connectivity index (χ2n) is 5.21. The predicted molar refractivity (Wildman–Crippen MR) is 98.0 cm³/mol. The van der Waals surface area contributed by atoms with E-state index in [1.165, 1.54) is 11.8 Å². The molecule has 0 unspecified atom stereocenters. The average molecular weight is 325 g/mol. The Kier molecular flexibility index (Phi) is 4.14. The molecule has 1 heterocycles. The number of aryl methyl sites for hydroxylation is 2. The number of thiocarbonyl (C=S) groups is 1. The van der Waals surface area contributed by atoms with Crippen molar-refractivity contribution >= 4 is 46.0 Å². The molecule has 4 heteroatoms. The van der Waals surface area contributed by atoms with Gasteiger partial charge in [-0.1, -0.05) is 65.9 Å². The maximum atomic E-state index is 12.7. The van der Waals surface area contributed by atoms with Crippen LogP contribution in [0.5, 0.6) is 0 Å². The van der Waals surface area contributed by atoms with Crippen LogP contribution < -0.4 is 4.90 Å². The van der Waals surface area contributed by atoms with Crippen LogP contribution in [0, 0.1) is 13.8 Å². The van der Waals surface area contributed by atoms with Crippen molar-refractivity contribution in [2.45, 2.75) is 13.8 Å². The summed E-state index contributed by atoms with van der Waals surface area (Å²) in [6.45, 7) is 4.05. The zero-order valence-corrected chi connectivity index (χ0v) is 14.0. The van der Waals surface area contributed by atoms with E-state index >= 15 is 0 Å². The summed E-state index contributed by atoms with van der Waals surface area (Å²) < 4.78 is 0.577. The number of carbonyl (C=O) groups is 1. The van der Waals surface area contributed by atoms with E-state index in [0.717, 1.165) is 22.4 Å². The summed E-state index contributed by atoms with van der Waals surface area (Å²) in [4.78, 5) is 14.9. The summed E-state index contributed by atoms with van der Waals surface area (Å²) in [7, 11) is 0. The number of anilines is 1.